The third kappa shape index (κ3) is 2.72. The van der Waals surface area contributed by atoms with Crippen molar-refractivity contribution >= 4 is 21.1 Å². The number of ether oxygens (including phenoxy) is 1. The van der Waals surface area contributed by atoms with Crippen LogP contribution in [0.25, 0.3) is 22.1 Å². The topological polar surface area (TPSA) is 114 Å². The minimum absolute atomic E-state index is 0.0449. The molecule has 0 aliphatic heterocycles. The molecule has 1 aromatic heterocycles. The van der Waals surface area contributed by atoms with E-state index in [-0.39, 0.29) is 33.6 Å². The molecule has 0 fully saturated rings. The number of phenolic OH excluding ortho intramolecular Hbond substituents is 1. The van der Waals surface area contributed by atoms with Crippen molar-refractivity contribution in [1.29, 1.82) is 0 Å². The molecule has 1 heterocycles. The molecule has 0 aliphatic carbocycles. The van der Waals surface area contributed by atoms with Gasteiger partial charge in [0.15, 0.2) is 5.43 Å². The fraction of sp³-hybridized carbons (Fsp3) is 0.0625. The van der Waals surface area contributed by atoms with E-state index in [2.05, 4.69) is 0 Å². The van der Waals surface area contributed by atoms with Crippen molar-refractivity contribution in [2.75, 3.05) is 7.11 Å². The second kappa shape index (κ2) is 5.66. The summed E-state index contributed by atoms with van der Waals surface area (Å²) in [7, 11) is -3.26. The molecule has 0 saturated carbocycles. The lowest BCUT2D eigenvalue weighted by Crippen LogP contribution is -2.06. The van der Waals surface area contributed by atoms with E-state index >= 15 is 0 Å². The first-order valence-corrected chi connectivity index (χ1v) is 8.15. The lowest BCUT2D eigenvalue weighted by atomic mass is 10.1. The fourth-order valence-corrected chi connectivity index (χ4v) is 3.04. The van der Waals surface area contributed by atoms with Gasteiger partial charge in [-0.1, -0.05) is 6.07 Å². The van der Waals surface area contributed by atoms with Crippen molar-refractivity contribution in [3.63, 3.8) is 0 Å². The number of fused-ring (bicyclic) bond motifs is 1. The van der Waals surface area contributed by atoms with Gasteiger partial charge in [0, 0.05) is 6.07 Å². The van der Waals surface area contributed by atoms with E-state index < -0.39 is 20.4 Å². The summed E-state index contributed by atoms with van der Waals surface area (Å²) in [6.45, 7) is 0. The summed E-state index contributed by atoms with van der Waals surface area (Å²) in [5.41, 5.74) is 0.155. The van der Waals surface area contributed by atoms with Crippen molar-refractivity contribution < 1.29 is 27.2 Å². The zero-order chi connectivity index (χ0) is 17.5. The molecule has 3 rings (SSSR count). The summed E-state index contributed by atoms with van der Waals surface area (Å²) < 4.78 is 42.5. The number of aromatic hydroxyl groups is 1. The first-order chi connectivity index (χ1) is 11.3. The molecule has 0 unspecified atom stereocenters. The largest absolute Gasteiger partial charge is 0.508 e. The summed E-state index contributed by atoms with van der Waals surface area (Å²) >= 11 is 0. The first-order valence-electron chi connectivity index (χ1n) is 6.71. The first kappa shape index (κ1) is 16.0. The number of benzene rings is 2. The molecule has 7 nitrogen and oxygen atoms in total. The number of methoxy groups -OCH3 is 1. The van der Waals surface area contributed by atoms with Crippen LogP contribution in [0.5, 0.6) is 11.5 Å². The summed E-state index contributed by atoms with van der Waals surface area (Å²) in [6.07, 6.45) is 1.17. The van der Waals surface area contributed by atoms with Gasteiger partial charge in [-0.15, -0.1) is 0 Å². The van der Waals surface area contributed by atoms with Crippen LogP contribution in [-0.2, 0) is 10.1 Å². The molecule has 0 aliphatic rings. The molecular weight excluding hydrogens is 336 g/mol. The standard InChI is InChI=1S/C16H12O7S/c1-22-13-5-2-9(6-15(13)24(19,20)21)12-8-23-14-7-10(17)3-4-11(14)16(12)18/h2-8,17H,1H3,(H,19,20,21). The number of rotatable bonds is 3. The van der Waals surface area contributed by atoms with Gasteiger partial charge < -0.3 is 14.3 Å². The van der Waals surface area contributed by atoms with E-state index in [1.807, 2.05) is 0 Å². The third-order valence-electron chi connectivity index (χ3n) is 3.51. The molecule has 124 valence electrons. The lowest BCUT2D eigenvalue weighted by molar-refractivity contribution is 0.397. The molecule has 2 aromatic carbocycles. The number of phenols is 1. The van der Waals surface area contributed by atoms with Gasteiger partial charge in [-0.25, -0.2) is 0 Å². The van der Waals surface area contributed by atoms with E-state index in [0.29, 0.717) is 0 Å². The average Bonchev–Trinajstić information content (AvgIpc) is 2.53. The highest BCUT2D eigenvalue weighted by Gasteiger charge is 2.19. The van der Waals surface area contributed by atoms with E-state index in [1.165, 1.54) is 43.7 Å². The summed E-state index contributed by atoms with van der Waals surface area (Å²) in [6, 6.07) is 8.00. The van der Waals surface area contributed by atoms with E-state index in [9.17, 15) is 22.9 Å². The smallest absolute Gasteiger partial charge is 0.298 e. The summed E-state index contributed by atoms with van der Waals surface area (Å²) in [4.78, 5) is 12.1. The maximum absolute atomic E-state index is 12.6. The molecule has 0 bridgehead atoms. The van der Waals surface area contributed by atoms with Crippen LogP contribution in [-0.4, -0.2) is 25.2 Å². The second-order valence-electron chi connectivity index (χ2n) is 5.00. The molecule has 0 amide bonds. The molecule has 3 aromatic rings. The molecule has 0 atom stereocenters. The van der Waals surface area contributed by atoms with Crippen molar-refractivity contribution in [3.8, 4) is 22.6 Å². The maximum Gasteiger partial charge on any atom is 0.298 e. The minimum atomic E-state index is -4.53. The Hall–Kier alpha value is -2.84. The quantitative estimate of drug-likeness (QED) is 0.699. The number of hydrogen-bond donors (Lipinski definition) is 2. The van der Waals surface area contributed by atoms with Crippen LogP contribution in [0.15, 0.2) is 56.8 Å². The SMILES string of the molecule is COc1ccc(-c2coc3cc(O)ccc3c2=O)cc1S(=O)(=O)O. The van der Waals surface area contributed by atoms with Gasteiger partial charge in [-0.05, 0) is 29.8 Å². The van der Waals surface area contributed by atoms with Crippen LogP contribution in [0.3, 0.4) is 0 Å². The van der Waals surface area contributed by atoms with Crippen molar-refractivity contribution in [3.05, 3.63) is 52.9 Å². The molecule has 24 heavy (non-hydrogen) atoms. The Morgan fingerprint density at radius 3 is 2.54 bits per heavy atom. The van der Waals surface area contributed by atoms with Gasteiger partial charge in [-0.3, -0.25) is 9.35 Å². The molecule has 0 radical (unpaired) electrons. The Morgan fingerprint density at radius 1 is 1.12 bits per heavy atom. The monoisotopic (exact) mass is 348 g/mol. The third-order valence-corrected chi connectivity index (χ3v) is 4.39. The zero-order valence-corrected chi connectivity index (χ0v) is 13.2. The Morgan fingerprint density at radius 2 is 1.88 bits per heavy atom. The predicted molar refractivity (Wildman–Crippen MR) is 86.0 cm³/mol. The Labute approximate surface area is 136 Å². The molecule has 0 spiro atoms. The van der Waals surface area contributed by atoms with E-state index in [0.717, 1.165) is 6.07 Å². The second-order valence-corrected chi connectivity index (χ2v) is 6.39. The minimum Gasteiger partial charge on any atom is -0.508 e. The highest BCUT2D eigenvalue weighted by Crippen LogP contribution is 2.29. The van der Waals surface area contributed by atoms with Crippen LogP contribution in [0, 0.1) is 0 Å². The van der Waals surface area contributed by atoms with Crippen LogP contribution in [0.1, 0.15) is 0 Å². The zero-order valence-electron chi connectivity index (χ0n) is 12.4. The van der Waals surface area contributed by atoms with Crippen LogP contribution in [0.4, 0.5) is 0 Å². The summed E-state index contributed by atoms with van der Waals surface area (Å²) in [5, 5.41) is 9.65. The van der Waals surface area contributed by atoms with Crippen molar-refractivity contribution in [2.24, 2.45) is 0 Å². The van der Waals surface area contributed by atoms with Gasteiger partial charge >= 0.3 is 0 Å². The molecule has 0 saturated heterocycles. The molecular formula is C16H12O7S. The highest BCUT2D eigenvalue weighted by molar-refractivity contribution is 7.86. The van der Waals surface area contributed by atoms with Gasteiger partial charge in [0.25, 0.3) is 10.1 Å². The van der Waals surface area contributed by atoms with Crippen molar-refractivity contribution in [1.82, 2.24) is 0 Å². The molecule has 8 heteroatoms. The van der Waals surface area contributed by atoms with E-state index in [4.69, 9.17) is 9.15 Å². The average molecular weight is 348 g/mol. The van der Waals surface area contributed by atoms with Crippen LogP contribution < -0.4 is 10.2 Å². The van der Waals surface area contributed by atoms with Gasteiger partial charge in [0.1, 0.15) is 28.2 Å². The molecule has 2 N–H and O–H groups in total. The maximum atomic E-state index is 12.6. The van der Waals surface area contributed by atoms with Crippen LogP contribution in [0.2, 0.25) is 0 Å². The van der Waals surface area contributed by atoms with Gasteiger partial charge in [-0.2, -0.15) is 8.42 Å². The Kier molecular flexibility index (Phi) is 3.78. The van der Waals surface area contributed by atoms with Crippen LogP contribution >= 0.6 is 0 Å². The fourth-order valence-electron chi connectivity index (χ4n) is 2.36. The predicted octanol–water partition coefficient (Wildman–Crippen LogP) is 2.42. The normalized spacial score (nSPS) is 11.6. The van der Waals surface area contributed by atoms with Gasteiger partial charge in [0.2, 0.25) is 0 Å². The number of hydrogen-bond acceptors (Lipinski definition) is 6. The summed E-state index contributed by atoms with van der Waals surface area (Å²) in [5.74, 6) is -0.0899. The highest BCUT2D eigenvalue weighted by atomic mass is 32.2. The lowest BCUT2D eigenvalue weighted by Gasteiger charge is -2.09. The van der Waals surface area contributed by atoms with E-state index in [1.54, 1.807) is 0 Å². The Bertz CT molecular complexity index is 1100. The van der Waals surface area contributed by atoms with Gasteiger partial charge in [0.05, 0.1) is 18.1 Å². The van der Waals surface area contributed by atoms with Crippen molar-refractivity contribution in [2.45, 2.75) is 4.90 Å². The Balaban J connectivity index is 2.27.